The van der Waals surface area contributed by atoms with Gasteiger partial charge in [-0.15, -0.1) is 0 Å². The number of anilines is 2. The molecule has 0 radical (unpaired) electrons. The molecule has 0 amide bonds. The van der Waals surface area contributed by atoms with Crippen molar-refractivity contribution < 1.29 is 0 Å². The molecule has 0 spiro atoms. The van der Waals surface area contributed by atoms with Gasteiger partial charge in [0.2, 0.25) is 0 Å². The van der Waals surface area contributed by atoms with Gasteiger partial charge in [-0.3, -0.25) is 0 Å². The molecule has 2 rings (SSSR count). The number of hydrogen-bond acceptors (Lipinski definition) is 1. The summed E-state index contributed by atoms with van der Waals surface area (Å²) in [6.07, 6.45) is 0. The number of rotatable bonds is 2. The summed E-state index contributed by atoms with van der Waals surface area (Å²) in [6, 6.07) is 16.2. The lowest BCUT2D eigenvalue weighted by molar-refractivity contribution is 0.590. The molecule has 20 heavy (non-hydrogen) atoms. The first-order chi connectivity index (χ1) is 9.45. The van der Waals surface area contributed by atoms with Gasteiger partial charge in [-0.2, -0.15) is 0 Å². The summed E-state index contributed by atoms with van der Waals surface area (Å²) in [5, 5.41) is 4.14. The predicted octanol–water partition coefficient (Wildman–Crippen LogP) is 6.41. The Hall–Kier alpha value is -1.47. The van der Waals surface area contributed by atoms with Gasteiger partial charge in [-0.05, 0) is 47.4 Å². The van der Waals surface area contributed by atoms with Crippen LogP contribution in [0.2, 0.25) is 5.02 Å². The molecule has 2 heteroatoms. The van der Waals surface area contributed by atoms with Crippen molar-refractivity contribution in [3.8, 4) is 0 Å². The fourth-order valence-corrected chi connectivity index (χ4v) is 1.89. The molecule has 0 aromatic heterocycles. The summed E-state index contributed by atoms with van der Waals surface area (Å²) in [5.41, 5.74) is 3.63. The first-order valence-corrected chi connectivity index (χ1v) is 7.46. The Balaban J connectivity index is 0.000000956. The van der Waals surface area contributed by atoms with Crippen molar-refractivity contribution in [1.29, 1.82) is 0 Å². The maximum Gasteiger partial charge on any atom is 0.0407 e. The van der Waals surface area contributed by atoms with Gasteiger partial charge in [-0.25, -0.2) is 0 Å². The largest absolute Gasteiger partial charge is 0.356 e. The Morgan fingerprint density at radius 2 is 1.45 bits per heavy atom. The zero-order valence-electron chi connectivity index (χ0n) is 13.0. The quantitative estimate of drug-likeness (QED) is 0.674. The molecular formula is C18H24ClN. The molecule has 0 aliphatic carbocycles. The van der Waals surface area contributed by atoms with E-state index in [0.717, 1.165) is 16.4 Å². The number of benzene rings is 2. The predicted molar refractivity (Wildman–Crippen MR) is 91.2 cm³/mol. The third kappa shape index (κ3) is 4.90. The van der Waals surface area contributed by atoms with Gasteiger partial charge < -0.3 is 5.32 Å². The Labute approximate surface area is 128 Å². The minimum absolute atomic E-state index is 0.164. The van der Waals surface area contributed by atoms with Crippen LogP contribution in [0.4, 0.5) is 11.4 Å². The third-order valence-corrected chi connectivity index (χ3v) is 3.11. The molecule has 0 aliphatic heterocycles. The van der Waals surface area contributed by atoms with Crippen molar-refractivity contribution in [2.45, 2.75) is 40.0 Å². The van der Waals surface area contributed by atoms with Crippen molar-refractivity contribution in [3.05, 3.63) is 59.1 Å². The monoisotopic (exact) mass is 289 g/mol. The molecule has 0 aliphatic rings. The van der Waals surface area contributed by atoms with Gasteiger partial charge in [0.05, 0.1) is 0 Å². The summed E-state index contributed by atoms with van der Waals surface area (Å²) < 4.78 is 0. The second kappa shape index (κ2) is 7.35. The van der Waals surface area contributed by atoms with Gasteiger partial charge in [0, 0.05) is 16.4 Å². The van der Waals surface area contributed by atoms with Crippen molar-refractivity contribution >= 4 is 23.0 Å². The second-order valence-corrected chi connectivity index (χ2v) is 5.90. The van der Waals surface area contributed by atoms with Gasteiger partial charge in [0.1, 0.15) is 0 Å². The highest BCUT2D eigenvalue weighted by Crippen LogP contribution is 2.26. The normalized spacial score (nSPS) is 10.5. The van der Waals surface area contributed by atoms with Crippen LogP contribution in [0.15, 0.2) is 48.5 Å². The molecule has 0 unspecified atom stereocenters. The van der Waals surface area contributed by atoms with Crippen LogP contribution in [-0.2, 0) is 5.41 Å². The van der Waals surface area contributed by atoms with Gasteiger partial charge in [0.25, 0.3) is 0 Å². The van der Waals surface area contributed by atoms with E-state index in [1.54, 1.807) is 0 Å². The second-order valence-electron chi connectivity index (χ2n) is 5.46. The van der Waals surface area contributed by atoms with E-state index >= 15 is 0 Å². The van der Waals surface area contributed by atoms with Crippen LogP contribution in [0.25, 0.3) is 0 Å². The number of halogens is 1. The molecule has 108 valence electrons. The van der Waals surface area contributed by atoms with Crippen molar-refractivity contribution in [3.63, 3.8) is 0 Å². The lowest BCUT2D eigenvalue weighted by Gasteiger charge is -2.20. The van der Waals surface area contributed by atoms with Crippen molar-refractivity contribution in [2.24, 2.45) is 0 Å². The van der Waals surface area contributed by atoms with E-state index in [9.17, 15) is 0 Å². The zero-order valence-corrected chi connectivity index (χ0v) is 13.8. The maximum atomic E-state index is 5.87. The standard InChI is InChI=1S/C16H18ClN.C2H6/c1-16(2,3)12-5-4-6-15(11-12)18-14-9-7-13(17)8-10-14;1-2/h4-11,18H,1-3H3;1-2H3. The Bertz CT molecular complexity index is 524. The zero-order chi connectivity index (χ0) is 15.2. The lowest BCUT2D eigenvalue weighted by atomic mass is 9.87. The number of hydrogen-bond donors (Lipinski definition) is 1. The van der Waals surface area contributed by atoms with Crippen molar-refractivity contribution in [2.75, 3.05) is 5.32 Å². The van der Waals surface area contributed by atoms with E-state index in [0.29, 0.717) is 0 Å². The summed E-state index contributed by atoms with van der Waals surface area (Å²) in [4.78, 5) is 0. The Kier molecular flexibility index (Phi) is 6.09. The summed E-state index contributed by atoms with van der Waals surface area (Å²) in [7, 11) is 0. The molecule has 1 nitrogen and oxygen atoms in total. The van der Waals surface area contributed by atoms with Crippen LogP contribution in [0.3, 0.4) is 0 Å². The summed E-state index contributed by atoms with van der Waals surface area (Å²) >= 11 is 5.87. The van der Waals surface area contributed by atoms with Gasteiger partial charge >= 0.3 is 0 Å². The highest BCUT2D eigenvalue weighted by atomic mass is 35.5. The topological polar surface area (TPSA) is 12.0 Å². The first-order valence-electron chi connectivity index (χ1n) is 7.08. The van der Waals surface area contributed by atoms with Crippen LogP contribution >= 0.6 is 11.6 Å². The fourth-order valence-electron chi connectivity index (χ4n) is 1.76. The Morgan fingerprint density at radius 1 is 0.850 bits per heavy atom. The molecule has 0 saturated carbocycles. The molecule has 1 N–H and O–H groups in total. The van der Waals surface area contributed by atoms with E-state index < -0.39 is 0 Å². The highest BCUT2D eigenvalue weighted by Gasteiger charge is 2.13. The SMILES string of the molecule is CC.CC(C)(C)c1cccc(Nc2ccc(Cl)cc2)c1. The van der Waals surface area contributed by atoms with E-state index in [1.165, 1.54) is 5.56 Å². The summed E-state index contributed by atoms with van der Waals surface area (Å²) in [5.74, 6) is 0. The molecule has 0 saturated heterocycles. The van der Waals surface area contributed by atoms with Crippen LogP contribution in [-0.4, -0.2) is 0 Å². The molecule has 0 atom stereocenters. The third-order valence-electron chi connectivity index (χ3n) is 2.86. The minimum atomic E-state index is 0.164. The van der Waals surface area contributed by atoms with Gasteiger partial charge in [0.15, 0.2) is 0 Å². The molecule has 2 aromatic rings. The lowest BCUT2D eigenvalue weighted by Crippen LogP contribution is -2.10. The highest BCUT2D eigenvalue weighted by molar-refractivity contribution is 6.30. The van der Waals surface area contributed by atoms with E-state index in [2.05, 4.69) is 50.4 Å². The number of nitrogens with one attached hydrogen (secondary N) is 1. The van der Waals surface area contributed by atoms with Crippen LogP contribution in [0, 0.1) is 0 Å². The smallest absolute Gasteiger partial charge is 0.0407 e. The first kappa shape index (κ1) is 16.6. The molecule has 0 fully saturated rings. The molecule has 0 bridgehead atoms. The Morgan fingerprint density at radius 3 is 2.00 bits per heavy atom. The van der Waals surface area contributed by atoms with E-state index in [-0.39, 0.29) is 5.41 Å². The average Bonchev–Trinajstić information content (AvgIpc) is 2.43. The van der Waals surface area contributed by atoms with Crippen LogP contribution in [0.5, 0.6) is 0 Å². The molecular weight excluding hydrogens is 266 g/mol. The van der Waals surface area contributed by atoms with Gasteiger partial charge in [-0.1, -0.05) is 58.4 Å². The van der Waals surface area contributed by atoms with Crippen LogP contribution < -0.4 is 5.32 Å². The average molecular weight is 290 g/mol. The van der Waals surface area contributed by atoms with E-state index in [1.807, 2.05) is 38.1 Å². The van der Waals surface area contributed by atoms with E-state index in [4.69, 9.17) is 11.6 Å². The maximum absolute atomic E-state index is 5.87. The molecule has 0 heterocycles. The fraction of sp³-hybridized carbons (Fsp3) is 0.333. The van der Waals surface area contributed by atoms with Crippen LogP contribution in [0.1, 0.15) is 40.2 Å². The molecule has 2 aromatic carbocycles. The summed E-state index contributed by atoms with van der Waals surface area (Å²) in [6.45, 7) is 10.7. The minimum Gasteiger partial charge on any atom is -0.356 e. The van der Waals surface area contributed by atoms with Crippen molar-refractivity contribution in [1.82, 2.24) is 0 Å².